The Morgan fingerprint density at radius 1 is 1.08 bits per heavy atom. The van der Waals surface area contributed by atoms with Crippen molar-refractivity contribution in [2.75, 3.05) is 5.32 Å². The summed E-state index contributed by atoms with van der Waals surface area (Å²) >= 11 is 0. The third-order valence-electron chi connectivity index (χ3n) is 3.42. The molecule has 0 aromatic heterocycles. The normalized spacial score (nSPS) is 11.9. The number of carbonyl (C=O) groups is 2. The highest BCUT2D eigenvalue weighted by molar-refractivity contribution is 5.99. The number of hydrogen-bond acceptors (Lipinski definition) is 3. The zero-order valence-corrected chi connectivity index (χ0v) is 13.9. The minimum Gasteiger partial charge on any atom is -0.449 e. The Balaban J connectivity index is 2.10. The maximum Gasteiger partial charge on any atom is 0.331 e. The van der Waals surface area contributed by atoms with Crippen LogP contribution in [0.25, 0.3) is 11.1 Å². The summed E-state index contributed by atoms with van der Waals surface area (Å²) in [7, 11) is 0. The van der Waals surface area contributed by atoms with E-state index in [0.29, 0.717) is 5.69 Å². The highest BCUT2D eigenvalue weighted by Gasteiger charge is 2.18. The number of carbonyl (C=O) groups excluding carboxylic acids is 2. The van der Waals surface area contributed by atoms with Crippen LogP contribution >= 0.6 is 0 Å². The molecule has 0 saturated carbocycles. The minimum absolute atomic E-state index is 0.364. The van der Waals surface area contributed by atoms with Crippen LogP contribution in [0.3, 0.4) is 0 Å². The molecule has 0 aliphatic heterocycles. The maximum atomic E-state index is 12.3. The Morgan fingerprint density at radius 3 is 2.46 bits per heavy atom. The van der Waals surface area contributed by atoms with Crippen molar-refractivity contribution in [2.24, 2.45) is 0 Å². The predicted octanol–water partition coefficient (Wildman–Crippen LogP) is 4.19. The first kappa shape index (κ1) is 17.5. The molecule has 0 bridgehead atoms. The fourth-order valence-corrected chi connectivity index (χ4v) is 2.18. The molecule has 2 aromatic carbocycles. The van der Waals surface area contributed by atoms with E-state index in [1.165, 1.54) is 6.08 Å². The quantitative estimate of drug-likeness (QED) is 0.640. The van der Waals surface area contributed by atoms with Crippen molar-refractivity contribution in [3.05, 3.63) is 66.7 Å². The number of nitrogens with one attached hydrogen (secondary N) is 1. The lowest BCUT2D eigenvalue weighted by atomic mass is 10.0. The SMILES string of the molecule is CC/C=C/C(=O)O[C@@H](C)C(=O)Nc1ccccc1-c1ccccc1. The first-order valence-corrected chi connectivity index (χ1v) is 7.94. The molecular weight excluding hydrogens is 302 g/mol. The fraction of sp³-hybridized carbons (Fsp3) is 0.200. The van der Waals surface area contributed by atoms with Crippen LogP contribution in [0.4, 0.5) is 5.69 Å². The van der Waals surface area contributed by atoms with Gasteiger partial charge in [-0.2, -0.15) is 0 Å². The second-order valence-corrected chi connectivity index (χ2v) is 5.29. The van der Waals surface area contributed by atoms with Gasteiger partial charge in [-0.05, 0) is 25.0 Å². The fourth-order valence-electron chi connectivity index (χ4n) is 2.18. The molecule has 0 saturated heterocycles. The second-order valence-electron chi connectivity index (χ2n) is 5.29. The van der Waals surface area contributed by atoms with Gasteiger partial charge in [-0.15, -0.1) is 0 Å². The van der Waals surface area contributed by atoms with E-state index in [2.05, 4.69) is 5.32 Å². The van der Waals surface area contributed by atoms with Crippen molar-refractivity contribution in [1.29, 1.82) is 0 Å². The second kappa shape index (κ2) is 8.67. The highest BCUT2D eigenvalue weighted by atomic mass is 16.5. The molecule has 1 atom stereocenters. The van der Waals surface area contributed by atoms with E-state index >= 15 is 0 Å². The lowest BCUT2D eigenvalue weighted by Crippen LogP contribution is -2.29. The summed E-state index contributed by atoms with van der Waals surface area (Å²) in [5.41, 5.74) is 2.60. The maximum absolute atomic E-state index is 12.3. The summed E-state index contributed by atoms with van der Waals surface area (Å²) in [4.78, 5) is 23.9. The summed E-state index contributed by atoms with van der Waals surface area (Å²) in [6.07, 6.45) is 2.89. The van der Waals surface area contributed by atoms with Gasteiger partial charge < -0.3 is 10.1 Å². The van der Waals surface area contributed by atoms with Crippen LogP contribution in [0.5, 0.6) is 0 Å². The number of para-hydroxylation sites is 1. The molecule has 4 heteroatoms. The van der Waals surface area contributed by atoms with Crippen LogP contribution in [0.1, 0.15) is 20.3 Å². The van der Waals surface area contributed by atoms with E-state index in [4.69, 9.17) is 4.74 Å². The molecular formula is C20H21NO3. The van der Waals surface area contributed by atoms with E-state index in [1.807, 2.05) is 61.5 Å². The Hall–Kier alpha value is -2.88. The van der Waals surface area contributed by atoms with Crippen molar-refractivity contribution in [1.82, 2.24) is 0 Å². The molecule has 0 fully saturated rings. The molecule has 124 valence electrons. The number of benzene rings is 2. The first-order valence-electron chi connectivity index (χ1n) is 7.94. The monoisotopic (exact) mass is 323 g/mol. The molecule has 4 nitrogen and oxygen atoms in total. The molecule has 1 N–H and O–H groups in total. The Bertz CT molecular complexity index is 723. The van der Waals surface area contributed by atoms with Gasteiger partial charge in [-0.25, -0.2) is 4.79 Å². The van der Waals surface area contributed by atoms with Gasteiger partial charge >= 0.3 is 5.97 Å². The van der Waals surface area contributed by atoms with Gasteiger partial charge in [0.05, 0.1) is 0 Å². The summed E-state index contributed by atoms with van der Waals surface area (Å²) in [6, 6.07) is 17.3. The van der Waals surface area contributed by atoms with E-state index in [1.54, 1.807) is 13.0 Å². The van der Waals surface area contributed by atoms with Gasteiger partial charge in [0.15, 0.2) is 6.10 Å². The number of ether oxygens (including phenoxy) is 1. The van der Waals surface area contributed by atoms with Crippen LogP contribution < -0.4 is 5.32 Å². The molecule has 0 aliphatic carbocycles. The Kier molecular flexibility index (Phi) is 6.32. The molecule has 24 heavy (non-hydrogen) atoms. The van der Waals surface area contributed by atoms with E-state index in [9.17, 15) is 9.59 Å². The van der Waals surface area contributed by atoms with Gasteiger partial charge in [0, 0.05) is 17.3 Å². The smallest absolute Gasteiger partial charge is 0.331 e. The third kappa shape index (κ3) is 4.81. The van der Waals surface area contributed by atoms with E-state index in [-0.39, 0.29) is 5.91 Å². The van der Waals surface area contributed by atoms with Gasteiger partial charge in [0.2, 0.25) is 0 Å². The summed E-state index contributed by atoms with van der Waals surface area (Å²) in [5, 5.41) is 2.83. The van der Waals surface area contributed by atoms with Gasteiger partial charge in [0.1, 0.15) is 0 Å². The number of rotatable bonds is 6. The highest BCUT2D eigenvalue weighted by Crippen LogP contribution is 2.27. The topological polar surface area (TPSA) is 55.4 Å². The minimum atomic E-state index is -0.872. The summed E-state index contributed by atoms with van der Waals surface area (Å²) in [5.74, 6) is -0.882. The molecule has 0 radical (unpaired) electrons. The lowest BCUT2D eigenvalue weighted by molar-refractivity contribution is -0.148. The molecule has 2 aromatic rings. The van der Waals surface area contributed by atoms with Crippen molar-refractivity contribution < 1.29 is 14.3 Å². The van der Waals surface area contributed by atoms with Gasteiger partial charge in [-0.1, -0.05) is 61.5 Å². The van der Waals surface area contributed by atoms with Crippen LogP contribution in [-0.2, 0) is 14.3 Å². The predicted molar refractivity (Wildman–Crippen MR) is 95.5 cm³/mol. The standard InChI is InChI=1S/C20H21NO3/c1-3-4-14-19(22)24-15(2)20(23)21-18-13-9-8-12-17(18)16-10-6-5-7-11-16/h4-15H,3H2,1-2H3,(H,21,23)/b14-4+/t15-/m0/s1. The van der Waals surface area contributed by atoms with Crippen LogP contribution in [0, 0.1) is 0 Å². The largest absolute Gasteiger partial charge is 0.449 e. The van der Waals surface area contributed by atoms with Crippen molar-refractivity contribution in [3.8, 4) is 11.1 Å². The summed E-state index contributed by atoms with van der Waals surface area (Å²) < 4.78 is 5.09. The molecule has 0 spiro atoms. The van der Waals surface area contributed by atoms with E-state index < -0.39 is 12.1 Å². The van der Waals surface area contributed by atoms with E-state index in [0.717, 1.165) is 17.5 Å². The third-order valence-corrected chi connectivity index (χ3v) is 3.42. The average Bonchev–Trinajstić information content (AvgIpc) is 2.61. The lowest BCUT2D eigenvalue weighted by Gasteiger charge is -2.15. The molecule has 0 heterocycles. The molecule has 0 aliphatic rings. The van der Waals surface area contributed by atoms with Gasteiger partial charge in [0.25, 0.3) is 5.91 Å². The number of anilines is 1. The van der Waals surface area contributed by atoms with Crippen molar-refractivity contribution >= 4 is 17.6 Å². The average molecular weight is 323 g/mol. The zero-order valence-electron chi connectivity index (χ0n) is 13.9. The zero-order chi connectivity index (χ0) is 17.4. The molecule has 1 amide bonds. The Morgan fingerprint density at radius 2 is 1.75 bits per heavy atom. The number of amides is 1. The summed E-state index contributed by atoms with van der Waals surface area (Å²) in [6.45, 7) is 3.47. The number of hydrogen-bond donors (Lipinski definition) is 1. The molecule has 2 rings (SSSR count). The van der Waals surface area contributed by atoms with Crippen LogP contribution in [-0.4, -0.2) is 18.0 Å². The number of allylic oxidation sites excluding steroid dienone is 1. The van der Waals surface area contributed by atoms with Crippen molar-refractivity contribution in [3.63, 3.8) is 0 Å². The number of esters is 1. The van der Waals surface area contributed by atoms with Crippen LogP contribution in [0.15, 0.2) is 66.7 Å². The molecule has 0 unspecified atom stereocenters. The van der Waals surface area contributed by atoms with Gasteiger partial charge in [-0.3, -0.25) is 4.79 Å². The Labute approximate surface area is 142 Å². The van der Waals surface area contributed by atoms with Crippen molar-refractivity contribution in [2.45, 2.75) is 26.4 Å². The first-order chi connectivity index (χ1) is 11.6. The van der Waals surface area contributed by atoms with Crippen LogP contribution in [0.2, 0.25) is 0 Å².